The molecule has 2 aromatic carbocycles. The number of nitrogens with one attached hydrogen (secondary N) is 1. The van der Waals surface area contributed by atoms with Crippen molar-refractivity contribution >= 4 is 0 Å². The van der Waals surface area contributed by atoms with Crippen LogP contribution >= 0.6 is 0 Å². The maximum absolute atomic E-state index is 9.80. The van der Waals surface area contributed by atoms with E-state index in [9.17, 15) is 5.11 Å². The number of hydrogen-bond donors (Lipinski definition) is 2. The maximum Gasteiger partial charge on any atom is 0.0626 e. The minimum absolute atomic E-state index is 0.0263. The normalized spacial score (nSPS) is 21.0. The largest absolute Gasteiger partial charge is 0.394 e. The van der Waals surface area contributed by atoms with Gasteiger partial charge in [0.15, 0.2) is 0 Å². The number of fused-ring (bicyclic) bond motifs is 1. The zero-order valence-electron chi connectivity index (χ0n) is 12.7. The van der Waals surface area contributed by atoms with E-state index in [-0.39, 0.29) is 24.1 Å². The smallest absolute Gasteiger partial charge is 0.0626 e. The Hall–Kier alpha value is -1.64. The first-order chi connectivity index (χ1) is 10.1. The Morgan fingerprint density at radius 2 is 1.76 bits per heavy atom. The summed E-state index contributed by atoms with van der Waals surface area (Å²) in [6.45, 7) is 4.70. The van der Waals surface area contributed by atoms with Crippen LogP contribution < -0.4 is 5.32 Å². The molecule has 0 aliphatic heterocycles. The molecule has 2 N–H and O–H groups in total. The second-order valence-electron chi connectivity index (χ2n) is 6.61. The first-order valence-corrected chi connectivity index (χ1v) is 7.61. The maximum atomic E-state index is 9.80. The first-order valence-electron chi connectivity index (χ1n) is 7.61. The predicted octanol–water partition coefficient (Wildman–Crippen LogP) is 3.63. The van der Waals surface area contributed by atoms with E-state index in [1.807, 2.05) is 18.2 Å². The van der Waals surface area contributed by atoms with Crippen molar-refractivity contribution in [3.8, 4) is 0 Å². The Morgan fingerprint density at radius 3 is 2.48 bits per heavy atom. The lowest BCUT2D eigenvalue weighted by molar-refractivity contribution is 0.191. The molecule has 0 fully saturated rings. The highest BCUT2D eigenvalue weighted by Gasteiger charge is 2.39. The van der Waals surface area contributed by atoms with Crippen molar-refractivity contribution in [1.82, 2.24) is 5.32 Å². The molecule has 0 heterocycles. The average Bonchev–Trinajstić information content (AvgIpc) is 2.75. The molecule has 0 saturated carbocycles. The second-order valence-corrected chi connectivity index (χ2v) is 6.61. The highest BCUT2D eigenvalue weighted by molar-refractivity contribution is 5.38. The fraction of sp³-hybridized carbons (Fsp3) is 0.368. The molecule has 0 spiro atoms. The van der Waals surface area contributed by atoms with E-state index in [1.165, 1.54) is 11.1 Å². The summed E-state index contributed by atoms with van der Waals surface area (Å²) < 4.78 is 0. The van der Waals surface area contributed by atoms with Gasteiger partial charge in [-0.1, -0.05) is 68.4 Å². The van der Waals surface area contributed by atoms with E-state index in [0.717, 1.165) is 12.0 Å². The molecule has 2 atom stereocenters. The molecule has 2 heteroatoms. The topological polar surface area (TPSA) is 32.3 Å². The Bertz CT molecular complexity index is 606. The van der Waals surface area contributed by atoms with Crippen molar-refractivity contribution in [2.45, 2.75) is 32.4 Å². The van der Waals surface area contributed by atoms with E-state index in [1.54, 1.807) is 0 Å². The Balaban J connectivity index is 1.89. The van der Waals surface area contributed by atoms with Gasteiger partial charge in [-0.05, 0) is 28.5 Å². The summed E-state index contributed by atoms with van der Waals surface area (Å²) in [5.41, 5.74) is 4.09. The molecule has 3 rings (SSSR count). The molecule has 0 saturated heterocycles. The van der Waals surface area contributed by atoms with E-state index in [2.05, 4.69) is 55.6 Å². The third kappa shape index (κ3) is 2.74. The highest BCUT2D eigenvalue weighted by atomic mass is 16.3. The van der Waals surface area contributed by atoms with E-state index < -0.39 is 0 Å². The minimum atomic E-state index is -0.0263. The van der Waals surface area contributed by atoms with Gasteiger partial charge in [0.05, 0.1) is 12.6 Å². The van der Waals surface area contributed by atoms with Crippen LogP contribution in [0.25, 0.3) is 0 Å². The van der Waals surface area contributed by atoms with Crippen LogP contribution in [0.15, 0.2) is 54.6 Å². The van der Waals surface area contributed by atoms with Crippen LogP contribution in [0.2, 0.25) is 0 Å². The van der Waals surface area contributed by atoms with Gasteiger partial charge in [-0.15, -0.1) is 0 Å². The first kappa shape index (κ1) is 14.3. The van der Waals surface area contributed by atoms with Gasteiger partial charge < -0.3 is 10.4 Å². The average molecular weight is 281 g/mol. The summed E-state index contributed by atoms with van der Waals surface area (Å²) in [5, 5.41) is 13.5. The number of aliphatic hydroxyl groups is 1. The Morgan fingerprint density at radius 1 is 1.10 bits per heavy atom. The third-order valence-corrected chi connectivity index (χ3v) is 4.55. The molecule has 0 radical (unpaired) electrons. The predicted molar refractivity (Wildman–Crippen MR) is 86.1 cm³/mol. The van der Waals surface area contributed by atoms with E-state index in [4.69, 9.17) is 0 Å². The standard InChI is InChI=1S/C19H23NO/c1-19(2)12-15-10-6-7-11-16(15)18(19)20-17(13-21)14-8-4-3-5-9-14/h3-11,17-18,20-21H,12-13H2,1-2H3/t17-,18?/m1/s1. The number of hydrogen-bond acceptors (Lipinski definition) is 2. The van der Waals surface area contributed by atoms with E-state index >= 15 is 0 Å². The fourth-order valence-electron chi connectivity index (χ4n) is 3.45. The third-order valence-electron chi connectivity index (χ3n) is 4.55. The Labute approximate surface area is 126 Å². The minimum Gasteiger partial charge on any atom is -0.394 e. The summed E-state index contributed by atoms with van der Waals surface area (Å²) in [4.78, 5) is 0. The van der Waals surface area contributed by atoms with Crippen LogP contribution in [0.3, 0.4) is 0 Å². The summed E-state index contributed by atoms with van der Waals surface area (Å²) in [6, 6.07) is 19.1. The van der Waals surface area contributed by atoms with Crippen LogP contribution in [0, 0.1) is 5.41 Å². The van der Waals surface area contributed by atoms with E-state index in [0.29, 0.717) is 0 Å². The van der Waals surface area contributed by atoms with Gasteiger partial charge in [-0.3, -0.25) is 0 Å². The van der Waals surface area contributed by atoms with Gasteiger partial charge in [0.2, 0.25) is 0 Å². The molecule has 1 aliphatic carbocycles. The molecule has 21 heavy (non-hydrogen) atoms. The zero-order valence-corrected chi connectivity index (χ0v) is 12.7. The number of benzene rings is 2. The molecule has 1 aliphatic rings. The lowest BCUT2D eigenvalue weighted by atomic mass is 9.84. The monoisotopic (exact) mass is 281 g/mol. The van der Waals surface area contributed by atoms with Crippen LogP contribution in [0.1, 0.15) is 42.6 Å². The number of aliphatic hydroxyl groups excluding tert-OH is 1. The molecule has 0 bridgehead atoms. The summed E-state index contributed by atoms with van der Waals surface area (Å²) in [7, 11) is 0. The molecular weight excluding hydrogens is 258 g/mol. The molecule has 1 unspecified atom stereocenters. The van der Waals surface area contributed by atoms with Gasteiger partial charge in [-0.2, -0.15) is 0 Å². The van der Waals surface area contributed by atoms with Crippen molar-refractivity contribution in [1.29, 1.82) is 0 Å². The molecule has 0 aromatic heterocycles. The number of rotatable bonds is 4. The van der Waals surface area contributed by atoms with Crippen LogP contribution in [-0.4, -0.2) is 11.7 Å². The van der Waals surface area contributed by atoms with Gasteiger partial charge in [-0.25, -0.2) is 0 Å². The zero-order chi connectivity index (χ0) is 14.9. The van der Waals surface area contributed by atoms with Crippen molar-refractivity contribution in [2.24, 2.45) is 5.41 Å². The van der Waals surface area contributed by atoms with Gasteiger partial charge in [0.1, 0.15) is 0 Å². The summed E-state index contributed by atoms with van der Waals surface area (Å²) in [6.07, 6.45) is 1.08. The van der Waals surface area contributed by atoms with Crippen LogP contribution in [0.5, 0.6) is 0 Å². The molecular formula is C19H23NO. The Kier molecular flexibility index (Phi) is 3.83. The summed E-state index contributed by atoms with van der Waals surface area (Å²) in [5.74, 6) is 0. The van der Waals surface area contributed by atoms with Crippen molar-refractivity contribution in [2.75, 3.05) is 6.61 Å². The molecule has 110 valence electrons. The van der Waals surface area contributed by atoms with Gasteiger partial charge >= 0.3 is 0 Å². The quantitative estimate of drug-likeness (QED) is 0.897. The lowest BCUT2D eigenvalue weighted by Gasteiger charge is -2.32. The van der Waals surface area contributed by atoms with Gasteiger partial charge in [0, 0.05) is 6.04 Å². The van der Waals surface area contributed by atoms with Crippen molar-refractivity contribution < 1.29 is 5.11 Å². The van der Waals surface area contributed by atoms with Gasteiger partial charge in [0.25, 0.3) is 0 Å². The summed E-state index contributed by atoms with van der Waals surface area (Å²) >= 11 is 0. The van der Waals surface area contributed by atoms with Crippen molar-refractivity contribution in [3.05, 3.63) is 71.3 Å². The molecule has 2 aromatic rings. The molecule has 0 amide bonds. The van der Waals surface area contributed by atoms with Crippen LogP contribution in [0.4, 0.5) is 0 Å². The molecule has 2 nitrogen and oxygen atoms in total. The SMILES string of the molecule is CC1(C)Cc2ccccc2C1N[C@H](CO)c1ccccc1. The second kappa shape index (κ2) is 5.63. The van der Waals surface area contributed by atoms with Crippen LogP contribution in [-0.2, 0) is 6.42 Å². The lowest BCUT2D eigenvalue weighted by Crippen LogP contribution is -2.35. The van der Waals surface area contributed by atoms with Crippen molar-refractivity contribution in [3.63, 3.8) is 0 Å². The highest BCUT2D eigenvalue weighted by Crippen LogP contribution is 2.45. The fourth-order valence-corrected chi connectivity index (χ4v) is 3.45.